The highest BCUT2D eigenvalue weighted by molar-refractivity contribution is 5.94. The predicted octanol–water partition coefficient (Wildman–Crippen LogP) is 2.52. The maximum Gasteiger partial charge on any atom is 0.254 e. The van der Waals surface area contributed by atoms with Crippen molar-refractivity contribution in [3.8, 4) is 11.3 Å². The number of amides is 1. The minimum absolute atomic E-state index is 0.0514. The van der Waals surface area contributed by atoms with Gasteiger partial charge in [0.1, 0.15) is 6.33 Å². The van der Waals surface area contributed by atoms with Crippen LogP contribution in [-0.4, -0.2) is 42.6 Å². The van der Waals surface area contributed by atoms with Gasteiger partial charge in [0.2, 0.25) is 0 Å². The average Bonchev–Trinajstić information content (AvgIpc) is 3.26. The van der Waals surface area contributed by atoms with E-state index in [4.69, 9.17) is 0 Å². The molecule has 0 aliphatic rings. The molecule has 0 saturated heterocycles. The van der Waals surface area contributed by atoms with E-state index in [1.54, 1.807) is 30.8 Å². The highest BCUT2D eigenvalue weighted by atomic mass is 16.2. The first-order valence-corrected chi connectivity index (χ1v) is 7.79. The van der Waals surface area contributed by atoms with Crippen LogP contribution in [0.5, 0.6) is 0 Å². The van der Waals surface area contributed by atoms with Crippen molar-refractivity contribution in [1.29, 1.82) is 0 Å². The number of imidazole rings is 1. The molecule has 1 N–H and O–H groups in total. The number of nitrogens with one attached hydrogen (secondary N) is 1. The fourth-order valence-electron chi connectivity index (χ4n) is 2.52. The van der Waals surface area contributed by atoms with Gasteiger partial charge in [-0.25, -0.2) is 4.98 Å². The van der Waals surface area contributed by atoms with Gasteiger partial charge in [0, 0.05) is 18.7 Å². The number of carbonyl (C=O) groups excluding carboxylic acids is 1. The summed E-state index contributed by atoms with van der Waals surface area (Å²) < 4.78 is 1.96. The number of hydrogen-bond acceptors (Lipinski definition) is 4. The van der Waals surface area contributed by atoms with E-state index in [9.17, 15) is 4.79 Å². The summed E-state index contributed by atoms with van der Waals surface area (Å²) in [5, 5.41) is 8.04. The third kappa shape index (κ3) is 3.19. The molecule has 7 nitrogen and oxygen atoms in total. The molecule has 0 saturated carbocycles. The minimum Gasteiger partial charge on any atom is -0.345 e. The molecule has 0 bridgehead atoms. The first-order valence-electron chi connectivity index (χ1n) is 7.79. The molecule has 0 aliphatic heterocycles. The van der Waals surface area contributed by atoms with Crippen LogP contribution in [0.1, 0.15) is 36.1 Å². The molecule has 7 heteroatoms. The van der Waals surface area contributed by atoms with Gasteiger partial charge in [0.25, 0.3) is 5.91 Å². The Bertz CT molecular complexity index is 804. The summed E-state index contributed by atoms with van der Waals surface area (Å²) in [4.78, 5) is 21.3. The lowest BCUT2D eigenvalue weighted by Crippen LogP contribution is -2.28. The van der Waals surface area contributed by atoms with Gasteiger partial charge in [0.15, 0.2) is 5.82 Å². The van der Waals surface area contributed by atoms with Crippen LogP contribution in [0.15, 0.2) is 43.1 Å². The molecule has 0 radical (unpaired) electrons. The molecular weight excluding hydrogens is 304 g/mol. The van der Waals surface area contributed by atoms with Crippen LogP contribution in [0.25, 0.3) is 11.3 Å². The summed E-state index contributed by atoms with van der Waals surface area (Å²) >= 11 is 0. The Kier molecular flexibility index (Phi) is 4.41. The van der Waals surface area contributed by atoms with Crippen molar-refractivity contribution in [3.63, 3.8) is 0 Å². The van der Waals surface area contributed by atoms with Crippen LogP contribution in [0.2, 0.25) is 0 Å². The van der Waals surface area contributed by atoms with Crippen LogP contribution < -0.4 is 0 Å². The highest BCUT2D eigenvalue weighted by Crippen LogP contribution is 2.17. The van der Waals surface area contributed by atoms with Crippen molar-refractivity contribution >= 4 is 5.91 Å². The van der Waals surface area contributed by atoms with E-state index < -0.39 is 0 Å². The molecule has 0 atom stereocenters. The highest BCUT2D eigenvalue weighted by Gasteiger charge is 2.16. The van der Waals surface area contributed by atoms with Gasteiger partial charge in [-0.1, -0.05) is 12.1 Å². The molecule has 0 unspecified atom stereocenters. The smallest absolute Gasteiger partial charge is 0.254 e. The zero-order valence-corrected chi connectivity index (χ0v) is 14.0. The fourth-order valence-corrected chi connectivity index (χ4v) is 2.52. The van der Waals surface area contributed by atoms with E-state index in [0.29, 0.717) is 12.1 Å². The van der Waals surface area contributed by atoms with E-state index in [1.165, 1.54) is 0 Å². The van der Waals surface area contributed by atoms with E-state index in [2.05, 4.69) is 34.0 Å². The molecule has 2 aromatic heterocycles. The van der Waals surface area contributed by atoms with Gasteiger partial charge in [0.05, 0.1) is 24.8 Å². The van der Waals surface area contributed by atoms with Crippen molar-refractivity contribution in [2.24, 2.45) is 0 Å². The third-order valence-electron chi connectivity index (χ3n) is 3.87. The van der Waals surface area contributed by atoms with Gasteiger partial charge in [-0.2, -0.15) is 0 Å². The predicted molar refractivity (Wildman–Crippen MR) is 90.2 cm³/mol. The van der Waals surface area contributed by atoms with E-state index in [1.807, 2.05) is 28.8 Å². The van der Waals surface area contributed by atoms with Gasteiger partial charge in [-0.3, -0.25) is 4.79 Å². The van der Waals surface area contributed by atoms with E-state index in [-0.39, 0.29) is 11.9 Å². The second-order valence-corrected chi connectivity index (χ2v) is 5.95. The second kappa shape index (κ2) is 6.66. The number of carbonyl (C=O) groups is 1. The lowest BCUT2D eigenvalue weighted by molar-refractivity contribution is 0.0779. The van der Waals surface area contributed by atoms with Gasteiger partial charge < -0.3 is 14.5 Å². The lowest BCUT2D eigenvalue weighted by Gasteiger charge is -2.18. The number of nitrogens with zero attached hydrogens (tertiary/aromatic N) is 5. The SMILES string of the molecule is CC(C)n1cnnc1CN(C)C(=O)c1ccc(-c2cnc[nH]2)cc1. The van der Waals surface area contributed by atoms with Crippen molar-refractivity contribution < 1.29 is 4.79 Å². The average molecular weight is 324 g/mol. The normalized spacial score (nSPS) is 11.0. The van der Waals surface area contributed by atoms with E-state index >= 15 is 0 Å². The number of benzene rings is 1. The molecule has 0 spiro atoms. The van der Waals surface area contributed by atoms with Crippen LogP contribution in [0, 0.1) is 0 Å². The molecule has 1 amide bonds. The molecule has 124 valence electrons. The summed E-state index contributed by atoms with van der Waals surface area (Å²) in [5.41, 5.74) is 2.55. The molecule has 0 fully saturated rings. The zero-order chi connectivity index (χ0) is 17.1. The number of aromatic amines is 1. The zero-order valence-electron chi connectivity index (χ0n) is 14.0. The molecule has 3 aromatic rings. The Balaban J connectivity index is 1.72. The topological polar surface area (TPSA) is 79.7 Å². The summed E-state index contributed by atoms with van der Waals surface area (Å²) in [6.45, 7) is 4.53. The second-order valence-electron chi connectivity index (χ2n) is 5.95. The van der Waals surface area contributed by atoms with Crippen LogP contribution >= 0.6 is 0 Å². The molecule has 3 rings (SSSR count). The van der Waals surface area contributed by atoms with Crippen LogP contribution in [-0.2, 0) is 6.54 Å². The van der Waals surface area contributed by atoms with Gasteiger partial charge in [-0.05, 0) is 31.5 Å². The maximum absolute atomic E-state index is 12.6. The maximum atomic E-state index is 12.6. The van der Waals surface area contributed by atoms with Gasteiger partial charge >= 0.3 is 0 Å². The fraction of sp³-hybridized carbons (Fsp3) is 0.294. The Hall–Kier alpha value is -2.96. The Morgan fingerprint density at radius 2 is 2.04 bits per heavy atom. The summed E-state index contributed by atoms with van der Waals surface area (Å²) in [7, 11) is 1.77. The van der Waals surface area contributed by atoms with Crippen molar-refractivity contribution in [1.82, 2.24) is 29.6 Å². The number of aromatic nitrogens is 5. The standard InChI is InChI=1S/C17H20N6O/c1-12(2)23-11-20-21-16(23)9-22(3)17(24)14-6-4-13(5-7-14)15-8-18-10-19-15/h4-8,10-12H,9H2,1-3H3,(H,18,19). The third-order valence-corrected chi connectivity index (χ3v) is 3.87. The molecule has 24 heavy (non-hydrogen) atoms. The largest absolute Gasteiger partial charge is 0.345 e. The van der Waals surface area contributed by atoms with Crippen LogP contribution in [0.4, 0.5) is 0 Å². The summed E-state index contributed by atoms with van der Waals surface area (Å²) in [6.07, 6.45) is 5.08. The van der Waals surface area contributed by atoms with Crippen molar-refractivity contribution in [3.05, 3.63) is 54.5 Å². The van der Waals surface area contributed by atoms with Crippen molar-refractivity contribution in [2.45, 2.75) is 26.4 Å². The van der Waals surface area contributed by atoms with Crippen molar-refractivity contribution in [2.75, 3.05) is 7.05 Å². The molecule has 0 aliphatic carbocycles. The monoisotopic (exact) mass is 324 g/mol. The first-order chi connectivity index (χ1) is 11.6. The number of rotatable bonds is 5. The molecule has 1 aromatic carbocycles. The Morgan fingerprint density at radius 3 is 2.67 bits per heavy atom. The summed E-state index contributed by atoms with van der Waals surface area (Å²) in [6, 6.07) is 7.72. The quantitative estimate of drug-likeness (QED) is 0.782. The lowest BCUT2D eigenvalue weighted by atomic mass is 10.1. The Labute approximate surface area is 140 Å². The minimum atomic E-state index is -0.0514. The van der Waals surface area contributed by atoms with E-state index in [0.717, 1.165) is 17.1 Å². The molecule has 2 heterocycles. The van der Waals surface area contributed by atoms with Crippen LogP contribution in [0.3, 0.4) is 0 Å². The molecular formula is C17H20N6O. The Morgan fingerprint density at radius 1 is 1.29 bits per heavy atom. The van der Waals surface area contributed by atoms with Gasteiger partial charge in [-0.15, -0.1) is 10.2 Å². The summed E-state index contributed by atoms with van der Waals surface area (Å²) in [5.74, 6) is 0.722. The number of H-pyrrole nitrogens is 1. The first kappa shape index (κ1) is 15.9. The number of hydrogen-bond donors (Lipinski definition) is 1.